The van der Waals surface area contributed by atoms with E-state index >= 15 is 0 Å². The van der Waals surface area contributed by atoms with Crippen molar-refractivity contribution in [1.29, 1.82) is 0 Å². The average molecular weight is 317 g/mol. The van der Waals surface area contributed by atoms with Crippen LogP contribution in [0.2, 0.25) is 0 Å². The van der Waals surface area contributed by atoms with Gasteiger partial charge in [0.05, 0.1) is 19.2 Å². The van der Waals surface area contributed by atoms with Gasteiger partial charge in [-0.1, -0.05) is 42.5 Å². The third-order valence-electron chi connectivity index (χ3n) is 3.12. The maximum absolute atomic E-state index is 5.88. The van der Waals surface area contributed by atoms with Gasteiger partial charge in [-0.2, -0.15) is 0 Å². The minimum absolute atomic E-state index is 0.419. The molecule has 0 atom stereocenters. The van der Waals surface area contributed by atoms with Crippen LogP contribution < -0.4 is 19.9 Å². The zero-order valence-electron chi connectivity index (χ0n) is 12.7. The molecule has 4 nitrogen and oxygen atoms in total. The van der Waals surface area contributed by atoms with Gasteiger partial charge in [0.25, 0.3) is 0 Å². The smallest absolute Gasteiger partial charge is 0.203 e. The van der Waals surface area contributed by atoms with E-state index in [2.05, 4.69) is 0 Å². The van der Waals surface area contributed by atoms with E-state index in [1.54, 1.807) is 14.2 Å². The number of hydrogen-bond acceptors (Lipinski definition) is 4. The summed E-state index contributed by atoms with van der Waals surface area (Å²) in [4.78, 5) is 0.419. The first-order valence-corrected chi connectivity index (χ1v) is 7.24. The van der Waals surface area contributed by atoms with Crippen molar-refractivity contribution >= 4 is 17.2 Å². The van der Waals surface area contributed by atoms with Gasteiger partial charge in [0, 0.05) is 6.42 Å². The number of rotatable bonds is 7. The zero-order valence-corrected chi connectivity index (χ0v) is 13.5. The topological polar surface area (TPSA) is 53.7 Å². The fourth-order valence-corrected chi connectivity index (χ4v) is 2.28. The summed E-state index contributed by atoms with van der Waals surface area (Å²) in [6.45, 7) is 0.433. The van der Waals surface area contributed by atoms with E-state index in [4.69, 9.17) is 32.2 Å². The molecule has 0 amide bonds. The Morgan fingerprint density at radius 3 is 2.09 bits per heavy atom. The van der Waals surface area contributed by atoms with Crippen LogP contribution in [0, 0.1) is 0 Å². The van der Waals surface area contributed by atoms with Crippen LogP contribution in [-0.2, 0) is 13.0 Å². The van der Waals surface area contributed by atoms with Crippen LogP contribution in [0.4, 0.5) is 0 Å². The molecular formula is C17H19NO3S. The van der Waals surface area contributed by atoms with Crippen LogP contribution in [0.5, 0.6) is 17.2 Å². The van der Waals surface area contributed by atoms with Crippen molar-refractivity contribution in [3.63, 3.8) is 0 Å². The maximum atomic E-state index is 5.88. The summed E-state index contributed by atoms with van der Waals surface area (Å²) in [6.07, 6.45) is 0.487. The Labute approximate surface area is 135 Å². The number of hydrogen-bond donors (Lipinski definition) is 1. The lowest BCUT2D eigenvalue weighted by Gasteiger charge is -2.16. The van der Waals surface area contributed by atoms with Gasteiger partial charge in [-0.05, 0) is 23.3 Å². The molecule has 0 unspecified atom stereocenters. The van der Waals surface area contributed by atoms with Gasteiger partial charge < -0.3 is 19.9 Å². The standard InChI is InChI=1S/C17H19NO3S/c1-19-14-8-13(10-16(18)22)9-15(20-2)17(14)21-11-12-6-4-3-5-7-12/h3-9H,10-11H2,1-2H3,(H2,18,22). The molecule has 2 N–H and O–H groups in total. The summed E-state index contributed by atoms with van der Waals surface area (Å²) in [5, 5.41) is 0. The number of methoxy groups -OCH3 is 2. The average Bonchev–Trinajstić information content (AvgIpc) is 2.53. The molecule has 2 aromatic carbocycles. The lowest BCUT2D eigenvalue weighted by atomic mass is 10.1. The molecule has 0 bridgehead atoms. The molecule has 0 saturated carbocycles. The van der Waals surface area contributed by atoms with E-state index in [1.165, 1.54) is 0 Å². The van der Waals surface area contributed by atoms with Gasteiger partial charge in [0.1, 0.15) is 6.61 Å². The van der Waals surface area contributed by atoms with Crippen LogP contribution in [-0.4, -0.2) is 19.2 Å². The molecule has 0 aromatic heterocycles. The van der Waals surface area contributed by atoms with E-state index in [1.807, 2.05) is 42.5 Å². The van der Waals surface area contributed by atoms with E-state index in [0.29, 0.717) is 35.3 Å². The summed E-state index contributed by atoms with van der Waals surface area (Å²) in [5.74, 6) is 1.77. The fraction of sp³-hybridized carbons (Fsp3) is 0.235. The van der Waals surface area contributed by atoms with E-state index < -0.39 is 0 Å². The number of thiocarbonyl (C=S) groups is 1. The Kier molecular flexibility index (Phi) is 5.61. The van der Waals surface area contributed by atoms with E-state index in [9.17, 15) is 0 Å². The van der Waals surface area contributed by atoms with Crippen molar-refractivity contribution in [3.05, 3.63) is 53.6 Å². The molecule has 0 aliphatic rings. The summed E-state index contributed by atoms with van der Waals surface area (Å²) < 4.78 is 16.7. The second kappa shape index (κ2) is 7.66. The summed E-state index contributed by atoms with van der Waals surface area (Å²) in [7, 11) is 3.18. The van der Waals surface area contributed by atoms with Gasteiger partial charge in [-0.15, -0.1) is 0 Å². The molecule has 2 rings (SSSR count). The van der Waals surface area contributed by atoms with Crippen molar-refractivity contribution < 1.29 is 14.2 Å². The van der Waals surface area contributed by atoms with Gasteiger partial charge in [0.2, 0.25) is 5.75 Å². The van der Waals surface area contributed by atoms with Crippen molar-refractivity contribution in [2.75, 3.05) is 14.2 Å². The van der Waals surface area contributed by atoms with Crippen molar-refractivity contribution in [1.82, 2.24) is 0 Å². The third-order valence-corrected chi connectivity index (χ3v) is 3.27. The SMILES string of the molecule is COc1cc(CC(N)=S)cc(OC)c1OCc1ccccc1. The predicted octanol–water partition coefficient (Wildman–Crippen LogP) is 3.11. The van der Waals surface area contributed by atoms with Gasteiger partial charge >= 0.3 is 0 Å². The highest BCUT2D eigenvalue weighted by Gasteiger charge is 2.14. The molecule has 0 spiro atoms. The lowest BCUT2D eigenvalue weighted by molar-refractivity contribution is 0.265. The normalized spacial score (nSPS) is 10.1. The van der Waals surface area contributed by atoms with Crippen LogP contribution in [0.3, 0.4) is 0 Å². The highest BCUT2D eigenvalue weighted by molar-refractivity contribution is 7.80. The first-order valence-electron chi connectivity index (χ1n) is 6.84. The van der Waals surface area contributed by atoms with Crippen LogP contribution >= 0.6 is 12.2 Å². The highest BCUT2D eigenvalue weighted by Crippen LogP contribution is 2.39. The van der Waals surface area contributed by atoms with Crippen molar-refractivity contribution in [2.45, 2.75) is 13.0 Å². The Hall–Kier alpha value is -2.27. The van der Waals surface area contributed by atoms with Crippen molar-refractivity contribution in [3.8, 4) is 17.2 Å². The Morgan fingerprint density at radius 1 is 1.00 bits per heavy atom. The van der Waals surface area contributed by atoms with Gasteiger partial charge in [0.15, 0.2) is 11.5 Å². The molecule has 5 heteroatoms. The van der Waals surface area contributed by atoms with Crippen LogP contribution in [0.25, 0.3) is 0 Å². The molecule has 2 aromatic rings. The number of benzene rings is 2. The second-order valence-corrected chi connectivity index (χ2v) is 5.27. The van der Waals surface area contributed by atoms with E-state index in [-0.39, 0.29) is 0 Å². The summed E-state index contributed by atoms with van der Waals surface area (Å²) in [5.41, 5.74) is 7.59. The molecule has 0 fully saturated rings. The molecule has 0 aliphatic heterocycles. The number of ether oxygens (including phenoxy) is 3. The minimum atomic E-state index is 0.419. The first-order chi connectivity index (χ1) is 10.6. The molecule has 116 valence electrons. The molecule has 0 radical (unpaired) electrons. The lowest BCUT2D eigenvalue weighted by Crippen LogP contribution is -2.11. The minimum Gasteiger partial charge on any atom is -0.493 e. The fourth-order valence-electron chi connectivity index (χ4n) is 2.11. The third kappa shape index (κ3) is 4.11. The largest absolute Gasteiger partial charge is 0.493 e. The quantitative estimate of drug-likeness (QED) is 0.795. The molecule has 0 aliphatic carbocycles. The Balaban J connectivity index is 2.26. The number of nitrogens with two attached hydrogens (primary N) is 1. The van der Waals surface area contributed by atoms with Gasteiger partial charge in [-0.25, -0.2) is 0 Å². The zero-order chi connectivity index (χ0) is 15.9. The van der Waals surface area contributed by atoms with Crippen LogP contribution in [0.15, 0.2) is 42.5 Å². The molecule has 0 heterocycles. The van der Waals surface area contributed by atoms with E-state index in [0.717, 1.165) is 11.1 Å². The maximum Gasteiger partial charge on any atom is 0.203 e. The Bertz CT molecular complexity index is 619. The van der Waals surface area contributed by atoms with Gasteiger partial charge in [-0.3, -0.25) is 0 Å². The molecule has 22 heavy (non-hydrogen) atoms. The monoisotopic (exact) mass is 317 g/mol. The summed E-state index contributed by atoms with van der Waals surface area (Å²) in [6, 6.07) is 13.6. The molecule has 0 saturated heterocycles. The Morgan fingerprint density at radius 2 is 1.59 bits per heavy atom. The summed E-state index contributed by atoms with van der Waals surface area (Å²) >= 11 is 4.95. The first kappa shape index (κ1) is 16.1. The highest BCUT2D eigenvalue weighted by atomic mass is 32.1. The predicted molar refractivity (Wildman–Crippen MR) is 90.8 cm³/mol. The van der Waals surface area contributed by atoms with Crippen LogP contribution in [0.1, 0.15) is 11.1 Å². The van der Waals surface area contributed by atoms with Crippen molar-refractivity contribution in [2.24, 2.45) is 5.73 Å². The molecular weight excluding hydrogens is 298 g/mol. The second-order valence-electron chi connectivity index (χ2n) is 4.75.